The molecule has 2 heterocycles. The van der Waals surface area contributed by atoms with Gasteiger partial charge in [-0.2, -0.15) is 13.2 Å². The molecule has 1 N–H and O–H groups in total. The average Bonchev–Trinajstić information content (AvgIpc) is 3.30. The SMILES string of the molecule is FC(F)(F)c1ccc(N(CC2CCCNC2)C2CC2)nn1. The van der Waals surface area contributed by atoms with Crippen LogP contribution in [0, 0.1) is 5.92 Å². The molecule has 1 aromatic rings. The average molecular weight is 300 g/mol. The van der Waals surface area contributed by atoms with Gasteiger partial charge in [-0.05, 0) is 56.8 Å². The van der Waals surface area contributed by atoms with Crippen LogP contribution in [0.25, 0.3) is 0 Å². The Labute approximate surface area is 121 Å². The summed E-state index contributed by atoms with van der Waals surface area (Å²) in [6.07, 6.45) is 0.0566. The predicted molar refractivity (Wildman–Crippen MR) is 73.0 cm³/mol. The fraction of sp³-hybridized carbons (Fsp3) is 0.714. The second-order valence-electron chi connectivity index (χ2n) is 5.87. The van der Waals surface area contributed by atoms with Crippen molar-refractivity contribution < 1.29 is 13.2 Å². The number of nitrogens with one attached hydrogen (secondary N) is 1. The Balaban J connectivity index is 1.71. The molecule has 1 aliphatic heterocycles. The molecule has 1 aliphatic carbocycles. The molecule has 0 spiro atoms. The molecule has 0 radical (unpaired) electrons. The van der Waals surface area contributed by atoms with E-state index in [0.29, 0.717) is 17.8 Å². The van der Waals surface area contributed by atoms with Gasteiger partial charge in [0, 0.05) is 12.6 Å². The Morgan fingerprint density at radius 3 is 2.52 bits per heavy atom. The quantitative estimate of drug-likeness (QED) is 0.927. The molecule has 1 saturated heterocycles. The second-order valence-corrected chi connectivity index (χ2v) is 5.87. The molecule has 4 nitrogen and oxygen atoms in total. The lowest BCUT2D eigenvalue weighted by molar-refractivity contribution is -0.141. The van der Waals surface area contributed by atoms with Gasteiger partial charge < -0.3 is 10.2 Å². The predicted octanol–water partition coefficient (Wildman–Crippen LogP) is 2.46. The molecule has 0 amide bonds. The van der Waals surface area contributed by atoms with Crippen molar-refractivity contribution in [3.63, 3.8) is 0 Å². The molecule has 0 aromatic carbocycles. The van der Waals surface area contributed by atoms with Gasteiger partial charge in [0.25, 0.3) is 0 Å². The van der Waals surface area contributed by atoms with E-state index in [-0.39, 0.29) is 0 Å². The molecule has 116 valence electrons. The zero-order valence-corrected chi connectivity index (χ0v) is 11.7. The Morgan fingerprint density at radius 1 is 1.19 bits per heavy atom. The maximum atomic E-state index is 12.5. The van der Waals surface area contributed by atoms with Crippen molar-refractivity contribution in [2.24, 2.45) is 5.92 Å². The van der Waals surface area contributed by atoms with Crippen LogP contribution in [0.1, 0.15) is 31.4 Å². The van der Waals surface area contributed by atoms with E-state index in [1.807, 2.05) is 0 Å². The number of halogens is 3. The first-order chi connectivity index (χ1) is 10.0. The van der Waals surface area contributed by atoms with E-state index in [9.17, 15) is 13.2 Å². The van der Waals surface area contributed by atoms with Crippen molar-refractivity contribution in [1.82, 2.24) is 15.5 Å². The number of piperidine rings is 1. The highest BCUT2D eigenvalue weighted by atomic mass is 19.4. The highest BCUT2D eigenvalue weighted by molar-refractivity contribution is 5.41. The zero-order valence-electron chi connectivity index (χ0n) is 11.7. The Kier molecular flexibility index (Phi) is 4.01. The monoisotopic (exact) mass is 300 g/mol. The Morgan fingerprint density at radius 2 is 2.00 bits per heavy atom. The zero-order chi connectivity index (χ0) is 14.9. The van der Waals surface area contributed by atoms with Crippen molar-refractivity contribution in [3.8, 4) is 0 Å². The summed E-state index contributed by atoms with van der Waals surface area (Å²) in [6.45, 7) is 2.87. The third-order valence-corrected chi connectivity index (χ3v) is 4.08. The Bertz CT molecular complexity index is 464. The van der Waals surface area contributed by atoms with Crippen molar-refractivity contribution in [1.29, 1.82) is 0 Å². The molecule has 0 bridgehead atoms. The van der Waals surface area contributed by atoms with E-state index in [4.69, 9.17) is 0 Å². The summed E-state index contributed by atoms with van der Waals surface area (Å²) in [4.78, 5) is 2.13. The van der Waals surface area contributed by atoms with Gasteiger partial charge in [-0.15, -0.1) is 10.2 Å². The summed E-state index contributed by atoms with van der Waals surface area (Å²) < 4.78 is 37.6. The lowest BCUT2D eigenvalue weighted by Crippen LogP contribution is -2.39. The van der Waals surface area contributed by atoms with Crippen LogP contribution < -0.4 is 10.2 Å². The van der Waals surface area contributed by atoms with Crippen LogP contribution in [0.4, 0.5) is 19.0 Å². The van der Waals surface area contributed by atoms with Gasteiger partial charge in [0.1, 0.15) is 0 Å². The van der Waals surface area contributed by atoms with E-state index >= 15 is 0 Å². The number of aromatic nitrogens is 2. The molecular formula is C14H19F3N4. The van der Waals surface area contributed by atoms with Crippen molar-refractivity contribution in [2.45, 2.75) is 37.9 Å². The number of nitrogens with zero attached hydrogens (tertiary/aromatic N) is 3. The van der Waals surface area contributed by atoms with E-state index < -0.39 is 11.9 Å². The van der Waals surface area contributed by atoms with Gasteiger partial charge in [0.05, 0.1) is 0 Å². The summed E-state index contributed by atoms with van der Waals surface area (Å²) in [5.74, 6) is 1.10. The largest absolute Gasteiger partial charge is 0.435 e. The number of hydrogen-bond donors (Lipinski definition) is 1. The topological polar surface area (TPSA) is 41.0 Å². The first-order valence-corrected chi connectivity index (χ1v) is 7.42. The maximum absolute atomic E-state index is 12.5. The first-order valence-electron chi connectivity index (χ1n) is 7.42. The lowest BCUT2D eigenvalue weighted by Gasteiger charge is -2.30. The molecule has 21 heavy (non-hydrogen) atoms. The van der Waals surface area contributed by atoms with Crippen LogP contribution >= 0.6 is 0 Å². The third kappa shape index (κ3) is 3.64. The van der Waals surface area contributed by atoms with E-state index in [1.54, 1.807) is 0 Å². The minimum absolute atomic E-state index is 0.415. The first kappa shape index (κ1) is 14.6. The van der Waals surface area contributed by atoms with Crippen molar-refractivity contribution in [2.75, 3.05) is 24.5 Å². The molecule has 2 fully saturated rings. The van der Waals surface area contributed by atoms with Crippen LogP contribution in [0.3, 0.4) is 0 Å². The summed E-state index contributed by atoms with van der Waals surface area (Å²) in [6, 6.07) is 2.89. The smallest absolute Gasteiger partial charge is 0.352 e. The van der Waals surface area contributed by atoms with E-state index in [2.05, 4.69) is 20.4 Å². The minimum atomic E-state index is -4.43. The lowest BCUT2D eigenvalue weighted by atomic mass is 9.99. The van der Waals surface area contributed by atoms with Gasteiger partial charge in [-0.1, -0.05) is 0 Å². The summed E-state index contributed by atoms with van der Waals surface area (Å²) in [5, 5.41) is 10.5. The Hall–Kier alpha value is -1.37. The summed E-state index contributed by atoms with van der Waals surface area (Å²) in [7, 11) is 0. The molecule has 1 unspecified atom stereocenters. The minimum Gasteiger partial charge on any atom is -0.352 e. The normalized spacial score (nSPS) is 23.1. The van der Waals surface area contributed by atoms with Gasteiger partial charge in [-0.3, -0.25) is 0 Å². The molecule has 1 atom stereocenters. The van der Waals surface area contributed by atoms with Gasteiger partial charge >= 0.3 is 6.18 Å². The fourth-order valence-electron chi connectivity index (χ4n) is 2.80. The van der Waals surface area contributed by atoms with Crippen LogP contribution in [-0.2, 0) is 6.18 Å². The maximum Gasteiger partial charge on any atom is 0.435 e. The third-order valence-electron chi connectivity index (χ3n) is 4.08. The molecule has 7 heteroatoms. The molecule has 2 aliphatic rings. The molecular weight excluding hydrogens is 281 g/mol. The highest BCUT2D eigenvalue weighted by Gasteiger charge is 2.35. The van der Waals surface area contributed by atoms with Crippen molar-refractivity contribution >= 4 is 5.82 Å². The van der Waals surface area contributed by atoms with Gasteiger partial charge in [0.2, 0.25) is 0 Å². The van der Waals surface area contributed by atoms with Gasteiger partial charge in [0.15, 0.2) is 11.5 Å². The number of alkyl halides is 3. The highest BCUT2D eigenvalue weighted by Crippen LogP contribution is 2.33. The number of hydrogen-bond acceptors (Lipinski definition) is 4. The summed E-state index contributed by atoms with van der Waals surface area (Å²) in [5.41, 5.74) is -0.929. The second kappa shape index (κ2) is 5.79. The van der Waals surface area contributed by atoms with E-state index in [0.717, 1.165) is 51.4 Å². The van der Waals surface area contributed by atoms with Crippen LogP contribution in [0.15, 0.2) is 12.1 Å². The number of anilines is 1. The number of rotatable bonds is 4. The van der Waals surface area contributed by atoms with E-state index in [1.165, 1.54) is 6.07 Å². The van der Waals surface area contributed by atoms with Crippen LogP contribution in [-0.4, -0.2) is 35.9 Å². The van der Waals surface area contributed by atoms with Crippen LogP contribution in [0.2, 0.25) is 0 Å². The van der Waals surface area contributed by atoms with Gasteiger partial charge in [-0.25, -0.2) is 0 Å². The summed E-state index contributed by atoms with van der Waals surface area (Å²) >= 11 is 0. The van der Waals surface area contributed by atoms with Crippen molar-refractivity contribution in [3.05, 3.63) is 17.8 Å². The standard InChI is InChI=1S/C14H19F3N4/c15-14(16,17)12-5-6-13(20-19-12)21(11-3-4-11)9-10-2-1-7-18-8-10/h5-6,10-11,18H,1-4,7-9H2. The van der Waals surface area contributed by atoms with Crippen LogP contribution in [0.5, 0.6) is 0 Å². The molecule has 3 rings (SSSR count). The fourth-order valence-corrected chi connectivity index (χ4v) is 2.80. The molecule has 1 saturated carbocycles. The molecule has 1 aromatic heterocycles.